The molecule has 0 aliphatic heterocycles. The first kappa shape index (κ1) is 14.9. The molecule has 0 aliphatic carbocycles. The first-order chi connectivity index (χ1) is 10.0. The van der Waals surface area contributed by atoms with E-state index in [1.807, 2.05) is 18.4 Å². The van der Waals surface area contributed by atoms with E-state index in [1.54, 1.807) is 23.9 Å². The number of aromatic carboxylic acids is 1. The molecule has 21 heavy (non-hydrogen) atoms. The van der Waals surface area contributed by atoms with Gasteiger partial charge in [0.25, 0.3) is 5.91 Å². The van der Waals surface area contributed by atoms with Crippen LogP contribution in [0.15, 0.2) is 47.4 Å². The summed E-state index contributed by atoms with van der Waals surface area (Å²) in [5, 5.41) is 21.1. The summed E-state index contributed by atoms with van der Waals surface area (Å²) in [6, 6.07) is 10.8. The molecule has 2 aromatic rings. The largest absolute Gasteiger partial charge is 0.506 e. The quantitative estimate of drug-likeness (QED) is 0.597. The highest BCUT2D eigenvalue weighted by Gasteiger charge is 2.11. The molecule has 0 fully saturated rings. The van der Waals surface area contributed by atoms with E-state index in [1.165, 1.54) is 12.1 Å². The summed E-state index contributed by atoms with van der Waals surface area (Å²) in [5.74, 6) is -1.80. The second kappa shape index (κ2) is 6.32. The first-order valence-corrected chi connectivity index (χ1v) is 7.25. The van der Waals surface area contributed by atoms with E-state index in [0.29, 0.717) is 5.56 Å². The van der Waals surface area contributed by atoms with E-state index in [0.717, 1.165) is 11.0 Å². The number of thioether (sulfide) groups is 1. The lowest BCUT2D eigenvalue weighted by molar-refractivity contribution is 0.0696. The minimum atomic E-state index is -1.14. The van der Waals surface area contributed by atoms with Gasteiger partial charge in [0.05, 0.1) is 11.3 Å². The molecule has 0 heterocycles. The number of rotatable bonds is 4. The van der Waals surface area contributed by atoms with Crippen molar-refractivity contribution in [2.45, 2.75) is 4.90 Å². The Morgan fingerprint density at radius 3 is 2.19 bits per heavy atom. The van der Waals surface area contributed by atoms with Crippen molar-refractivity contribution in [3.05, 3.63) is 53.6 Å². The maximum atomic E-state index is 12.0. The fourth-order valence-corrected chi connectivity index (χ4v) is 2.12. The molecule has 0 unspecified atom stereocenters. The molecule has 0 bridgehead atoms. The Labute approximate surface area is 125 Å². The maximum absolute atomic E-state index is 12.0. The number of hydrogen-bond acceptors (Lipinski definition) is 4. The number of hydrogen-bond donors (Lipinski definition) is 3. The van der Waals surface area contributed by atoms with Crippen LogP contribution in [0.3, 0.4) is 0 Å². The van der Waals surface area contributed by atoms with Gasteiger partial charge >= 0.3 is 5.97 Å². The fourth-order valence-electron chi connectivity index (χ4n) is 1.71. The molecule has 3 N–H and O–H groups in total. The van der Waals surface area contributed by atoms with E-state index >= 15 is 0 Å². The summed E-state index contributed by atoms with van der Waals surface area (Å²) >= 11 is 1.57. The molecule has 2 rings (SSSR count). The molecule has 6 heteroatoms. The van der Waals surface area contributed by atoms with E-state index in [2.05, 4.69) is 5.32 Å². The minimum Gasteiger partial charge on any atom is -0.506 e. The van der Waals surface area contributed by atoms with Gasteiger partial charge in [0, 0.05) is 10.5 Å². The first-order valence-electron chi connectivity index (χ1n) is 6.03. The number of carboxylic acid groups (broad SMARTS) is 1. The van der Waals surface area contributed by atoms with Gasteiger partial charge in [-0.1, -0.05) is 0 Å². The highest BCUT2D eigenvalue weighted by Crippen LogP contribution is 2.25. The van der Waals surface area contributed by atoms with Crippen LogP contribution in [0, 0.1) is 0 Å². The summed E-state index contributed by atoms with van der Waals surface area (Å²) in [6.45, 7) is 0. The third-order valence-electron chi connectivity index (χ3n) is 2.85. The summed E-state index contributed by atoms with van der Waals surface area (Å²) in [5.41, 5.74) is 0.572. The maximum Gasteiger partial charge on any atom is 0.335 e. The highest BCUT2D eigenvalue weighted by molar-refractivity contribution is 7.98. The van der Waals surface area contributed by atoms with Crippen molar-refractivity contribution < 1.29 is 19.8 Å². The number of phenols is 1. The molecule has 0 saturated carbocycles. The van der Waals surface area contributed by atoms with Crippen molar-refractivity contribution in [1.82, 2.24) is 0 Å². The molecule has 0 aliphatic rings. The molecular formula is C15H13NO4S. The summed E-state index contributed by atoms with van der Waals surface area (Å²) < 4.78 is 0. The summed E-state index contributed by atoms with van der Waals surface area (Å²) in [4.78, 5) is 23.8. The van der Waals surface area contributed by atoms with Gasteiger partial charge in [-0.2, -0.15) is 0 Å². The van der Waals surface area contributed by atoms with Crippen molar-refractivity contribution in [3.8, 4) is 5.75 Å². The molecule has 0 spiro atoms. The van der Waals surface area contributed by atoms with Gasteiger partial charge in [0.15, 0.2) is 0 Å². The number of carbonyl (C=O) groups is 2. The van der Waals surface area contributed by atoms with Crippen molar-refractivity contribution in [1.29, 1.82) is 0 Å². The Kier molecular flexibility index (Phi) is 4.49. The lowest BCUT2D eigenvalue weighted by Gasteiger charge is -2.08. The molecule has 2 aromatic carbocycles. The summed E-state index contributed by atoms with van der Waals surface area (Å²) in [6.07, 6.45) is 1.94. The number of benzene rings is 2. The molecule has 0 aromatic heterocycles. The van der Waals surface area contributed by atoms with Gasteiger partial charge in [0.2, 0.25) is 0 Å². The Hall–Kier alpha value is -2.47. The SMILES string of the molecule is CSc1ccc(C(=O)Nc2ccc(C(=O)O)cc2O)cc1. The number of aromatic hydroxyl groups is 1. The molecular weight excluding hydrogens is 290 g/mol. The normalized spacial score (nSPS) is 10.1. The highest BCUT2D eigenvalue weighted by atomic mass is 32.2. The third kappa shape index (κ3) is 3.55. The third-order valence-corrected chi connectivity index (χ3v) is 3.59. The van der Waals surface area contributed by atoms with E-state index in [9.17, 15) is 14.7 Å². The summed E-state index contributed by atoms with van der Waals surface area (Å²) in [7, 11) is 0. The lowest BCUT2D eigenvalue weighted by Crippen LogP contribution is -2.12. The zero-order valence-corrected chi connectivity index (χ0v) is 12.0. The van der Waals surface area contributed by atoms with E-state index < -0.39 is 5.97 Å². The van der Waals surface area contributed by atoms with Crippen molar-refractivity contribution in [2.75, 3.05) is 11.6 Å². The van der Waals surface area contributed by atoms with Crippen molar-refractivity contribution in [3.63, 3.8) is 0 Å². The molecule has 5 nitrogen and oxygen atoms in total. The van der Waals surface area contributed by atoms with Crippen molar-refractivity contribution >= 4 is 29.3 Å². The van der Waals surface area contributed by atoms with Gasteiger partial charge in [-0.25, -0.2) is 4.79 Å². The Morgan fingerprint density at radius 2 is 1.67 bits per heavy atom. The van der Waals surface area contributed by atoms with Gasteiger partial charge in [-0.3, -0.25) is 4.79 Å². The van der Waals surface area contributed by atoms with Crippen LogP contribution >= 0.6 is 11.8 Å². The van der Waals surface area contributed by atoms with Crippen molar-refractivity contribution in [2.24, 2.45) is 0 Å². The standard InChI is InChI=1S/C15H13NO4S/c1-21-11-5-2-9(3-6-11)14(18)16-12-7-4-10(15(19)20)8-13(12)17/h2-8,17H,1H3,(H,16,18)(H,19,20). The number of phenolic OH excluding ortho intramolecular Hbond substituents is 1. The van der Waals surface area contributed by atoms with Crippen LogP contribution in [0.25, 0.3) is 0 Å². The van der Waals surface area contributed by atoms with Crippen LogP contribution in [0.4, 0.5) is 5.69 Å². The topological polar surface area (TPSA) is 86.6 Å². The zero-order chi connectivity index (χ0) is 15.4. The van der Waals surface area contributed by atoms with Gasteiger partial charge in [-0.05, 0) is 48.7 Å². The fraction of sp³-hybridized carbons (Fsp3) is 0.0667. The van der Waals surface area contributed by atoms with E-state index in [4.69, 9.17) is 5.11 Å². The lowest BCUT2D eigenvalue weighted by atomic mass is 10.1. The van der Waals surface area contributed by atoms with E-state index in [-0.39, 0.29) is 22.9 Å². The Bertz CT molecular complexity index is 683. The Morgan fingerprint density at radius 1 is 1.05 bits per heavy atom. The average Bonchev–Trinajstić information content (AvgIpc) is 2.49. The van der Waals surface area contributed by atoms with Gasteiger partial charge in [-0.15, -0.1) is 11.8 Å². The molecule has 1 amide bonds. The van der Waals surface area contributed by atoms with Gasteiger partial charge in [0.1, 0.15) is 5.75 Å². The van der Waals surface area contributed by atoms with Gasteiger partial charge < -0.3 is 15.5 Å². The molecule has 0 radical (unpaired) electrons. The zero-order valence-electron chi connectivity index (χ0n) is 11.2. The van der Waals surface area contributed by atoms with Crippen LogP contribution in [0.2, 0.25) is 0 Å². The number of amides is 1. The van der Waals surface area contributed by atoms with Crippen LogP contribution in [-0.2, 0) is 0 Å². The number of anilines is 1. The smallest absolute Gasteiger partial charge is 0.335 e. The second-order valence-corrected chi connectivity index (χ2v) is 5.10. The minimum absolute atomic E-state index is 0.0465. The molecule has 0 atom stereocenters. The average molecular weight is 303 g/mol. The molecule has 0 saturated heterocycles. The number of nitrogens with one attached hydrogen (secondary N) is 1. The predicted molar refractivity (Wildman–Crippen MR) is 81.2 cm³/mol. The van der Waals surface area contributed by atoms with Crippen LogP contribution in [0.1, 0.15) is 20.7 Å². The number of carbonyl (C=O) groups excluding carboxylic acids is 1. The Balaban J connectivity index is 2.17. The second-order valence-electron chi connectivity index (χ2n) is 4.22. The number of carboxylic acids is 1. The van der Waals surface area contributed by atoms with Crippen LogP contribution in [0.5, 0.6) is 5.75 Å². The van der Waals surface area contributed by atoms with Crippen LogP contribution < -0.4 is 5.32 Å². The predicted octanol–water partition coefficient (Wildman–Crippen LogP) is 3.06. The molecule has 108 valence electrons. The van der Waals surface area contributed by atoms with Crippen LogP contribution in [-0.4, -0.2) is 28.3 Å². The monoisotopic (exact) mass is 303 g/mol.